The molecule has 25 heavy (non-hydrogen) atoms. The van der Waals surface area contributed by atoms with Gasteiger partial charge >= 0.3 is 5.97 Å². The Morgan fingerprint density at radius 3 is 2.64 bits per heavy atom. The van der Waals surface area contributed by atoms with Crippen molar-refractivity contribution >= 4 is 56.0 Å². The largest absolute Gasteiger partial charge is 0.453 e. The van der Waals surface area contributed by atoms with E-state index in [2.05, 4.69) is 4.98 Å². The Kier molecular flexibility index (Phi) is 4.44. The Morgan fingerprint density at radius 1 is 0.960 bits per heavy atom. The molecule has 7 heteroatoms. The second kappa shape index (κ2) is 6.87. The molecule has 4 nitrogen and oxygen atoms in total. The second-order valence-electron chi connectivity index (χ2n) is 5.13. The zero-order valence-corrected chi connectivity index (χ0v) is 15.2. The van der Waals surface area contributed by atoms with Gasteiger partial charge in [0.1, 0.15) is 9.88 Å². The van der Waals surface area contributed by atoms with Crippen molar-refractivity contribution in [2.24, 2.45) is 0 Å². The summed E-state index contributed by atoms with van der Waals surface area (Å²) in [6.07, 6.45) is 0. The number of rotatable bonds is 5. The molecule has 0 aliphatic heterocycles. The van der Waals surface area contributed by atoms with Crippen LogP contribution in [0.4, 0.5) is 0 Å². The molecule has 124 valence electrons. The zero-order valence-electron chi connectivity index (χ0n) is 12.8. The van der Waals surface area contributed by atoms with Crippen LogP contribution in [0.15, 0.2) is 53.9 Å². The van der Waals surface area contributed by atoms with Crippen LogP contribution in [-0.2, 0) is 4.74 Å². The lowest BCUT2D eigenvalue weighted by Gasteiger charge is -2.00. The molecule has 0 N–H and O–H groups in total. The van der Waals surface area contributed by atoms with Crippen LogP contribution < -0.4 is 0 Å². The van der Waals surface area contributed by atoms with Crippen molar-refractivity contribution in [1.82, 2.24) is 4.98 Å². The number of hydrogen-bond acceptors (Lipinski definition) is 7. The summed E-state index contributed by atoms with van der Waals surface area (Å²) in [5, 5.41) is 2.69. The number of benzene rings is 1. The first-order valence-corrected chi connectivity index (χ1v) is 9.91. The van der Waals surface area contributed by atoms with E-state index >= 15 is 0 Å². The van der Waals surface area contributed by atoms with Gasteiger partial charge in [-0.3, -0.25) is 4.79 Å². The van der Waals surface area contributed by atoms with Crippen LogP contribution >= 0.6 is 34.0 Å². The van der Waals surface area contributed by atoms with E-state index in [9.17, 15) is 9.59 Å². The lowest BCUT2D eigenvalue weighted by molar-refractivity contribution is 0.0480. The summed E-state index contributed by atoms with van der Waals surface area (Å²) in [4.78, 5) is 30.6. The number of carbonyl (C=O) groups excluding carboxylic acids is 2. The minimum absolute atomic E-state index is 0.189. The molecule has 0 fully saturated rings. The SMILES string of the molecule is O=C(COC(=O)c1ccc(-c2nc3ccccc3s2)s1)c1cccs1. The highest BCUT2D eigenvalue weighted by Gasteiger charge is 2.16. The van der Waals surface area contributed by atoms with E-state index in [0.29, 0.717) is 9.75 Å². The fraction of sp³-hybridized carbons (Fsp3) is 0.0556. The maximum Gasteiger partial charge on any atom is 0.348 e. The number of ketones is 1. The summed E-state index contributed by atoms with van der Waals surface area (Å²) in [5.74, 6) is -0.673. The average Bonchev–Trinajstić information content (AvgIpc) is 3.38. The monoisotopic (exact) mass is 385 g/mol. The third-order valence-corrected chi connectivity index (χ3v) is 6.62. The number of esters is 1. The van der Waals surface area contributed by atoms with Crippen LogP contribution in [0, 0.1) is 0 Å². The van der Waals surface area contributed by atoms with Gasteiger partial charge in [0.05, 0.1) is 20.0 Å². The fourth-order valence-corrected chi connectivity index (χ4v) is 4.82. The Hall–Kier alpha value is -2.35. The number of thiophene rings is 2. The van der Waals surface area contributed by atoms with Gasteiger partial charge in [-0.15, -0.1) is 34.0 Å². The molecule has 0 aliphatic carbocycles. The van der Waals surface area contributed by atoms with Crippen LogP contribution in [0.5, 0.6) is 0 Å². The molecule has 3 heterocycles. The molecule has 0 amide bonds. The topological polar surface area (TPSA) is 56.3 Å². The Bertz CT molecular complexity index is 1010. The Balaban J connectivity index is 1.47. The van der Waals surface area contributed by atoms with Gasteiger partial charge in [-0.25, -0.2) is 9.78 Å². The maximum atomic E-state index is 12.2. The van der Waals surface area contributed by atoms with Gasteiger partial charge in [-0.1, -0.05) is 18.2 Å². The molecule has 3 aromatic heterocycles. The van der Waals surface area contributed by atoms with E-state index in [4.69, 9.17) is 4.74 Å². The number of Topliss-reactive ketones (excluding diaryl/α,β-unsaturated/α-hetero) is 1. The number of carbonyl (C=O) groups is 2. The molecular formula is C18H11NO3S3. The fourth-order valence-electron chi connectivity index (χ4n) is 2.25. The summed E-state index contributed by atoms with van der Waals surface area (Å²) >= 11 is 4.25. The first-order chi connectivity index (χ1) is 12.2. The minimum atomic E-state index is -0.484. The summed E-state index contributed by atoms with van der Waals surface area (Å²) in [5.41, 5.74) is 0.946. The summed E-state index contributed by atoms with van der Waals surface area (Å²) < 4.78 is 6.24. The molecule has 4 aromatic rings. The maximum absolute atomic E-state index is 12.2. The van der Waals surface area contributed by atoms with E-state index < -0.39 is 5.97 Å². The highest BCUT2D eigenvalue weighted by Crippen LogP contribution is 2.34. The van der Waals surface area contributed by atoms with E-state index in [1.54, 1.807) is 29.5 Å². The quantitative estimate of drug-likeness (QED) is 0.353. The van der Waals surface area contributed by atoms with Crippen molar-refractivity contribution in [1.29, 1.82) is 0 Å². The molecule has 4 rings (SSSR count). The first kappa shape index (κ1) is 16.1. The van der Waals surface area contributed by atoms with Crippen LogP contribution in [0.1, 0.15) is 19.3 Å². The molecule has 0 radical (unpaired) electrons. The summed E-state index contributed by atoms with van der Waals surface area (Å²) in [7, 11) is 0. The first-order valence-electron chi connectivity index (χ1n) is 7.40. The number of ether oxygens (including phenoxy) is 1. The molecule has 0 saturated heterocycles. The van der Waals surface area contributed by atoms with E-state index in [-0.39, 0.29) is 12.4 Å². The van der Waals surface area contributed by atoms with Crippen molar-refractivity contribution in [3.63, 3.8) is 0 Å². The zero-order chi connectivity index (χ0) is 17.2. The highest BCUT2D eigenvalue weighted by molar-refractivity contribution is 7.26. The van der Waals surface area contributed by atoms with Crippen molar-refractivity contribution in [3.05, 3.63) is 63.7 Å². The number of para-hydroxylation sites is 1. The number of hydrogen-bond donors (Lipinski definition) is 0. The average molecular weight is 385 g/mol. The van der Waals surface area contributed by atoms with Crippen molar-refractivity contribution < 1.29 is 14.3 Å². The highest BCUT2D eigenvalue weighted by atomic mass is 32.1. The van der Waals surface area contributed by atoms with Gasteiger partial charge < -0.3 is 4.74 Å². The van der Waals surface area contributed by atoms with E-state index in [1.807, 2.05) is 35.7 Å². The van der Waals surface area contributed by atoms with Crippen molar-refractivity contribution in [2.45, 2.75) is 0 Å². The van der Waals surface area contributed by atoms with Crippen molar-refractivity contribution in [3.8, 4) is 9.88 Å². The third-order valence-electron chi connectivity index (χ3n) is 3.44. The summed E-state index contributed by atoms with van der Waals surface area (Å²) in [6, 6.07) is 15.0. The van der Waals surface area contributed by atoms with Crippen molar-refractivity contribution in [2.75, 3.05) is 6.61 Å². The molecule has 0 spiro atoms. The lowest BCUT2D eigenvalue weighted by Crippen LogP contribution is -2.12. The van der Waals surface area contributed by atoms with Crippen LogP contribution in [0.3, 0.4) is 0 Å². The Morgan fingerprint density at radius 2 is 1.84 bits per heavy atom. The van der Waals surface area contributed by atoms with Crippen LogP contribution in [0.2, 0.25) is 0 Å². The standard InChI is InChI=1S/C18H11NO3S3/c20-12(14-6-3-9-23-14)10-22-18(21)16-8-7-15(24-16)17-19-11-4-1-2-5-13(11)25-17/h1-9H,10H2. The number of nitrogens with zero attached hydrogens (tertiary/aromatic N) is 1. The van der Waals surface area contributed by atoms with Gasteiger partial charge in [0.15, 0.2) is 6.61 Å². The second-order valence-corrected chi connectivity index (χ2v) is 8.19. The molecular weight excluding hydrogens is 374 g/mol. The number of aromatic nitrogens is 1. The van der Waals surface area contributed by atoms with Gasteiger partial charge in [0.25, 0.3) is 0 Å². The molecule has 0 atom stereocenters. The van der Waals surface area contributed by atoms with Crippen LogP contribution in [-0.4, -0.2) is 23.3 Å². The number of thiazole rings is 1. The Labute approximate surface area is 155 Å². The molecule has 0 bridgehead atoms. The number of fused-ring (bicyclic) bond motifs is 1. The third kappa shape index (κ3) is 3.39. The molecule has 1 aromatic carbocycles. The minimum Gasteiger partial charge on any atom is -0.453 e. The van der Waals surface area contributed by atoms with Gasteiger partial charge in [-0.05, 0) is 35.7 Å². The van der Waals surface area contributed by atoms with E-state index in [0.717, 1.165) is 20.1 Å². The smallest absolute Gasteiger partial charge is 0.348 e. The predicted molar refractivity (Wildman–Crippen MR) is 102 cm³/mol. The van der Waals surface area contributed by atoms with Gasteiger partial charge in [-0.2, -0.15) is 0 Å². The van der Waals surface area contributed by atoms with E-state index in [1.165, 1.54) is 22.7 Å². The van der Waals surface area contributed by atoms with Gasteiger partial charge in [0.2, 0.25) is 5.78 Å². The van der Waals surface area contributed by atoms with Crippen LogP contribution in [0.25, 0.3) is 20.1 Å². The van der Waals surface area contributed by atoms with Gasteiger partial charge in [0, 0.05) is 0 Å². The lowest BCUT2D eigenvalue weighted by atomic mass is 10.3. The normalized spacial score (nSPS) is 10.9. The summed E-state index contributed by atoms with van der Waals surface area (Å²) in [6.45, 7) is -0.242. The molecule has 0 saturated carbocycles. The predicted octanol–water partition coefficient (Wildman–Crippen LogP) is 5.13. The molecule has 0 unspecified atom stereocenters. The molecule has 0 aliphatic rings.